The van der Waals surface area contributed by atoms with Gasteiger partial charge < -0.3 is 15.4 Å². The quantitative estimate of drug-likeness (QED) is 0.532. The summed E-state index contributed by atoms with van der Waals surface area (Å²) in [5, 5.41) is 8.83. The average molecular weight is 490 g/mol. The number of rotatable bonds is 5. The van der Waals surface area contributed by atoms with Crippen molar-refractivity contribution in [2.45, 2.75) is 38.1 Å². The maximum Gasteiger partial charge on any atom is 0.261 e. The van der Waals surface area contributed by atoms with E-state index in [0.717, 1.165) is 30.2 Å². The summed E-state index contributed by atoms with van der Waals surface area (Å²) in [6, 6.07) is 12.4. The standard InChI is InChI=1S/C22H24BrN3O3S/c1-29-19-11-10-15(23)13-18(19)21(28)26-22(30)25-17-9-5-6-14(12-17)20(27)24-16-7-3-2-4-8-16/h5-6,9-13,16H,2-4,7-8H2,1H3,(H,24,27)(H2,25,26,28,30). The van der Waals surface area contributed by atoms with E-state index in [-0.39, 0.29) is 17.1 Å². The number of methoxy groups -OCH3 is 1. The van der Waals surface area contributed by atoms with E-state index in [4.69, 9.17) is 17.0 Å². The fourth-order valence-electron chi connectivity index (χ4n) is 3.44. The minimum atomic E-state index is -0.392. The van der Waals surface area contributed by atoms with Crippen LogP contribution in [0.1, 0.15) is 52.8 Å². The third-order valence-corrected chi connectivity index (χ3v) is 5.65. The van der Waals surface area contributed by atoms with Crippen molar-refractivity contribution in [3.05, 3.63) is 58.1 Å². The molecule has 8 heteroatoms. The maximum atomic E-state index is 12.6. The van der Waals surface area contributed by atoms with Gasteiger partial charge in [-0.1, -0.05) is 41.3 Å². The van der Waals surface area contributed by atoms with Gasteiger partial charge in [0.1, 0.15) is 5.75 Å². The monoisotopic (exact) mass is 489 g/mol. The number of thiocarbonyl (C=S) groups is 1. The molecule has 0 bridgehead atoms. The minimum absolute atomic E-state index is 0.0978. The summed E-state index contributed by atoms with van der Waals surface area (Å²) in [5.74, 6) is -0.0453. The van der Waals surface area contributed by atoms with Crippen LogP contribution in [0.15, 0.2) is 46.9 Å². The fraction of sp³-hybridized carbons (Fsp3) is 0.318. The summed E-state index contributed by atoms with van der Waals surface area (Å²) in [4.78, 5) is 25.1. The predicted octanol–water partition coefficient (Wildman–Crippen LogP) is 4.65. The lowest BCUT2D eigenvalue weighted by molar-refractivity contribution is 0.0926. The van der Waals surface area contributed by atoms with E-state index in [1.54, 1.807) is 42.5 Å². The van der Waals surface area contributed by atoms with Gasteiger partial charge in [0.2, 0.25) is 0 Å². The van der Waals surface area contributed by atoms with Gasteiger partial charge in [0.25, 0.3) is 11.8 Å². The van der Waals surface area contributed by atoms with Crippen molar-refractivity contribution in [1.29, 1.82) is 0 Å². The van der Waals surface area contributed by atoms with E-state index < -0.39 is 5.91 Å². The second-order valence-electron chi connectivity index (χ2n) is 7.14. The van der Waals surface area contributed by atoms with Crippen LogP contribution in [0.4, 0.5) is 5.69 Å². The highest BCUT2D eigenvalue weighted by Crippen LogP contribution is 2.23. The zero-order valence-electron chi connectivity index (χ0n) is 16.7. The molecular formula is C22H24BrN3O3S. The predicted molar refractivity (Wildman–Crippen MR) is 125 cm³/mol. The molecular weight excluding hydrogens is 466 g/mol. The molecule has 0 aliphatic heterocycles. The Hall–Kier alpha value is -2.45. The SMILES string of the molecule is COc1ccc(Br)cc1C(=O)NC(=S)Nc1cccc(C(=O)NC2CCCCC2)c1. The van der Waals surface area contributed by atoms with Gasteiger partial charge in [-0.05, 0) is 61.5 Å². The Morgan fingerprint density at radius 3 is 2.57 bits per heavy atom. The van der Waals surface area contributed by atoms with Crippen LogP contribution in [-0.4, -0.2) is 30.1 Å². The number of nitrogens with one attached hydrogen (secondary N) is 3. The molecule has 0 heterocycles. The zero-order valence-corrected chi connectivity index (χ0v) is 19.1. The topological polar surface area (TPSA) is 79.5 Å². The molecule has 2 amide bonds. The van der Waals surface area contributed by atoms with Gasteiger partial charge in [0.15, 0.2) is 5.11 Å². The molecule has 30 heavy (non-hydrogen) atoms. The number of anilines is 1. The molecule has 2 aromatic carbocycles. The molecule has 2 aromatic rings. The number of ether oxygens (including phenoxy) is 1. The molecule has 1 aliphatic rings. The summed E-state index contributed by atoms with van der Waals surface area (Å²) in [7, 11) is 1.50. The third-order valence-electron chi connectivity index (χ3n) is 4.96. The van der Waals surface area contributed by atoms with Gasteiger partial charge in [0.05, 0.1) is 12.7 Å². The Morgan fingerprint density at radius 1 is 1.07 bits per heavy atom. The number of halogens is 1. The second-order valence-corrected chi connectivity index (χ2v) is 8.47. The van der Waals surface area contributed by atoms with Gasteiger partial charge in [-0.2, -0.15) is 0 Å². The summed E-state index contributed by atoms with van der Waals surface area (Å²) in [5.41, 5.74) is 1.53. The Morgan fingerprint density at radius 2 is 1.83 bits per heavy atom. The largest absolute Gasteiger partial charge is 0.496 e. The van der Waals surface area contributed by atoms with Gasteiger partial charge >= 0.3 is 0 Å². The number of carbonyl (C=O) groups is 2. The fourth-order valence-corrected chi connectivity index (χ4v) is 4.02. The van der Waals surface area contributed by atoms with E-state index in [1.807, 2.05) is 0 Å². The van der Waals surface area contributed by atoms with Crippen molar-refractivity contribution in [1.82, 2.24) is 10.6 Å². The smallest absolute Gasteiger partial charge is 0.261 e. The van der Waals surface area contributed by atoms with Crippen molar-refractivity contribution < 1.29 is 14.3 Å². The van der Waals surface area contributed by atoms with Crippen molar-refractivity contribution in [2.75, 3.05) is 12.4 Å². The Kier molecular flexibility index (Phi) is 7.81. The minimum Gasteiger partial charge on any atom is -0.496 e. The van der Waals surface area contributed by atoms with E-state index in [9.17, 15) is 9.59 Å². The number of amides is 2. The van der Waals surface area contributed by atoms with Crippen LogP contribution in [0.3, 0.4) is 0 Å². The van der Waals surface area contributed by atoms with Crippen LogP contribution < -0.4 is 20.7 Å². The van der Waals surface area contributed by atoms with Crippen molar-refractivity contribution in [3.8, 4) is 5.75 Å². The first-order chi connectivity index (χ1) is 14.5. The van der Waals surface area contributed by atoms with Gasteiger partial charge in [-0.15, -0.1) is 0 Å². The maximum absolute atomic E-state index is 12.6. The summed E-state index contributed by atoms with van der Waals surface area (Å²) in [6.45, 7) is 0. The van der Waals surface area contributed by atoms with Crippen molar-refractivity contribution >= 4 is 50.8 Å². The molecule has 1 aliphatic carbocycles. The number of carbonyl (C=O) groups excluding carboxylic acids is 2. The van der Waals surface area contributed by atoms with Gasteiger partial charge in [-0.3, -0.25) is 14.9 Å². The molecule has 1 fully saturated rings. The van der Waals surface area contributed by atoms with Crippen LogP contribution in [0, 0.1) is 0 Å². The highest BCUT2D eigenvalue weighted by atomic mass is 79.9. The van der Waals surface area contributed by atoms with E-state index >= 15 is 0 Å². The highest BCUT2D eigenvalue weighted by molar-refractivity contribution is 9.10. The lowest BCUT2D eigenvalue weighted by Crippen LogP contribution is -2.36. The van der Waals surface area contributed by atoms with E-state index in [0.29, 0.717) is 22.6 Å². The van der Waals surface area contributed by atoms with Crippen molar-refractivity contribution in [3.63, 3.8) is 0 Å². The highest BCUT2D eigenvalue weighted by Gasteiger charge is 2.17. The lowest BCUT2D eigenvalue weighted by Gasteiger charge is -2.22. The molecule has 0 unspecified atom stereocenters. The molecule has 0 saturated heterocycles. The Balaban J connectivity index is 1.61. The van der Waals surface area contributed by atoms with Gasteiger partial charge in [0, 0.05) is 21.8 Å². The van der Waals surface area contributed by atoms with Crippen LogP contribution in [-0.2, 0) is 0 Å². The summed E-state index contributed by atoms with van der Waals surface area (Å²) in [6.07, 6.45) is 5.60. The number of benzene rings is 2. The average Bonchev–Trinajstić information content (AvgIpc) is 2.74. The Bertz CT molecular complexity index is 945. The second kappa shape index (κ2) is 10.5. The third kappa shape index (κ3) is 6.03. The first-order valence-corrected chi connectivity index (χ1v) is 11.0. The number of hydrogen-bond acceptors (Lipinski definition) is 4. The molecule has 0 spiro atoms. The van der Waals surface area contributed by atoms with Crippen LogP contribution >= 0.6 is 28.1 Å². The molecule has 0 aromatic heterocycles. The van der Waals surface area contributed by atoms with Crippen molar-refractivity contribution in [2.24, 2.45) is 0 Å². The first-order valence-electron chi connectivity index (χ1n) is 9.83. The number of hydrogen-bond donors (Lipinski definition) is 3. The normalized spacial score (nSPS) is 13.9. The lowest BCUT2D eigenvalue weighted by atomic mass is 9.95. The first kappa shape index (κ1) is 22.2. The Labute approximate surface area is 189 Å². The molecule has 3 N–H and O–H groups in total. The van der Waals surface area contributed by atoms with Crippen LogP contribution in [0.25, 0.3) is 0 Å². The summed E-state index contributed by atoms with van der Waals surface area (Å²) >= 11 is 8.62. The molecule has 158 valence electrons. The van der Waals surface area contributed by atoms with Crippen LogP contribution in [0.5, 0.6) is 5.75 Å². The molecule has 6 nitrogen and oxygen atoms in total. The molecule has 1 saturated carbocycles. The van der Waals surface area contributed by atoms with Crippen LogP contribution in [0.2, 0.25) is 0 Å². The van der Waals surface area contributed by atoms with E-state index in [2.05, 4.69) is 31.9 Å². The van der Waals surface area contributed by atoms with Gasteiger partial charge in [-0.25, -0.2) is 0 Å². The summed E-state index contributed by atoms with van der Waals surface area (Å²) < 4.78 is 5.99. The molecule has 3 rings (SSSR count). The molecule has 0 atom stereocenters. The van der Waals surface area contributed by atoms with E-state index in [1.165, 1.54) is 13.5 Å². The zero-order chi connectivity index (χ0) is 21.5. The molecule has 0 radical (unpaired) electrons.